The Balaban J connectivity index is 1.61. The van der Waals surface area contributed by atoms with Gasteiger partial charge in [-0.3, -0.25) is 9.59 Å². The van der Waals surface area contributed by atoms with Crippen molar-refractivity contribution in [1.82, 2.24) is 0 Å². The second kappa shape index (κ2) is 6.65. The van der Waals surface area contributed by atoms with E-state index in [4.69, 9.17) is 11.6 Å². The third-order valence-electron chi connectivity index (χ3n) is 4.33. The van der Waals surface area contributed by atoms with Crippen LogP contribution in [0.3, 0.4) is 0 Å². The van der Waals surface area contributed by atoms with Crippen molar-refractivity contribution < 1.29 is 9.59 Å². The molecule has 0 bridgehead atoms. The molecular weight excluding hydrogens is 324 g/mol. The summed E-state index contributed by atoms with van der Waals surface area (Å²) in [6, 6.07) is 12.9. The minimum Gasteiger partial charge on any atom is -0.325 e. The highest BCUT2D eigenvalue weighted by molar-refractivity contribution is 6.33. The molecular formula is C19H19ClN2O2. The van der Waals surface area contributed by atoms with Gasteiger partial charge in [0.2, 0.25) is 11.8 Å². The minimum atomic E-state index is -0.300. The third kappa shape index (κ3) is 3.44. The van der Waals surface area contributed by atoms with Gasteiger partial charge in [0.15, 0.2) is 0 Å². The first kappa shape index (κ1) is 16.5. The number of aryl methyl sites for hydroxylation is 2. The van der Waals surface area contributed by atoms with Crippen molar-refractivity contribution in [1.29, 1.82) is 0 Å². The number of nitrogens with one attached hydrogen (secondary N) is 2. The molecule has 2 N–H and O–H groups in total. The summed E-state index contributed by atoms with van der Waals surface area (Å²) in [5.41, 5.74) is 3.44. The molecule has 0 aromatic heterocycles. The molecule has 1 aliphatic rings. The number of anilines is 2. The molecule has 0 radical (unpaired) electrons. The van der Waals surface area contributed by atoms with Gasteiger partial charge in [-0.05, 0) is 43.5 Å². The predicted molar refractivity (Wildman–Crippen MR) is 96.2 cm³/mol. The maximum Gasteiger partial charge on any atom is 0.228 e. The number of halogens is 1. The van der Waals surface area contributed by atoms with E-state index < -0.39 is 0 Å². The molecule has 0 spiro atoms. The predicted octanol–water partition coefficient (Wildman–Crippen LogP) is 4.17. The fourth-order valence-electron chi connectivity index (χ4n) is 2.79. The highest BCUT2D eigenvalue weighted by Crippen LogP contribution is 2.41. The SMILES string of the molecule is Cc1cccc(C)c1NC(=O)C1CC1C(=O)Nc1ccccc1Cl. The van der Waals surface area contributed by atoms with Gasteiger partial charge in [0.25, 0.3) is 0 Å². The van der Waals surface area contributed by atoms with Crippen LogP contribution in [-0.2, 0) is 9.59 Å². The maximum atomic E-state index is 12.4. The average molecular weight is 343 g/mol. The van der Waals surface area contributed by atoms with Crippen LogP contribution in [0.25, 0.3) is 0 Å². The zero-order valence-electron chi connectivity index (χ0n) is 13.6. The van der Waals surface area contributed by atoms with Crippen LogP contribution >= 0.6 is 11.6 Å². The molecule has 0 saturated heterocycles. The number of rotatable bonds is 4. The lowest BCUT2D eigenvalue weighted by Crippen LogP contribution is -2.21. The van der Waals surface area contributed by atoms with E-state index in [0.29, 0.717) is 17.1 Å². The smallest absolute Gasteiger partial charge is 0.228 e. The Morgan fingerprint density at radius 2 is 1.50 bits per heavy atom. The quantitative estimate of drug-likeness (QED) is 0.876. The van der Waals surface area contributed by atoms with E-state index >= 15 is 0 Å². The van der Waals surface area contributed by atoms with E-state index in [1.54, 1.807) is 24.3 Å². The summed E-state index contributed by atoms with van der Waals surface area (Å²) in [7, 11) is 0. The maximum absolute atomic E-state index is 12.4. The topological polar surface area (TPSA) is 58.2 Å². The van der Waals surface area contributed by atoms with Crippen molar-refractivity contribution in [2.45, 2.75) is 20.3 Å². The van der Waals surface area contributed by atoms with Crippen molar-refractivity contribution in [3.05, 3.63) is 58.6 Å². The third-order valence-corrected chi connectivity index (χ3v) is 4.65. The molecule has 2 aromatic carbocycles. The van der Waals surface area contributed by atoms with Crippen molar-refractivity contribution in [2.75, 3.05) is 10.6 Å². The van der Waals surface area contributed by atoms with Crippen LogP contribution in [0.1, 0.15) is 17.5 Å². The van der Waals surface area contributed by atoms with E-state index in [1.807, 2.05) is 32.0 Å². The average Bonchev–Trinajstić information content (AvgIpc) is 3.34. The molecule has 1 aliphatic carbocycles. The first-order valence-corrected chi connectivity index (χ1v) is 8.27. The van der Waals surface area contributed by atoms with Crippen molar-refractivity contribution in [2.24, 2.45) is 11.8 Å². The highest BCUT2D eigenvalue weighted by atomic mass is 35.5. The summed E-state index contributed by atoms with van der Waals surface area (Å²) in [4.78, 5) is 24.7. The minimum absolute atomic E-state index is 0.105. The lowest BCUT2D eigenvalue weighted by Gasteiger charge is -2.11. The molecule has 1 saturated carbocycles. The highest BCUT2D eigenvalue weighted by Gasteiger charge is 2.48. The molecule has 2 aromatic rings. The lowest BCUT2D eigenvalue weighted by atomic mass is 10.1. The monoisotopic (exact) mass is 342 g/mol. The lowest BCUT2D eigenvalue weighted by molar-refractivity contribution is -0.122. The molecule has 2 atom stereocenters. The van der Waals surface area contributed by atoms with Crippen LogP contribution in [0, 0.1) is 25.7 Å². The molecule has 124 valence electrons. The van der Waals surface area contributed by atoms with E-state index in [2.05, 4.69) is 10.6 Å². The largest absolute Gasteiger partial charge is 0.325 e. The van der Waals surface area contributed by atoms with Crippen molar-refractivity contribution in [3.8, 4) is 0 Å². The second-order valence-corrected chi connectivity index (χ2v) is 6.58. The van der Waals surface area contributed by atoms with Gasteiger partial charge in [-0.15, -0.1) is 0 Å². The van der Waals surface area contributed by atoms with Crippen LogP contribution in [0.2, 0.25) is 5.02 Å². The Hall–Kier alpha value is -2.33. The van der Waals surface area contributed by atoms with Crippen LogP contribution in [0.5, 0.6) is 0 Å². The Labute approximate surface area is 146 Å². The molecule has 0 heterocycles. The van der Waals surface area contributed by atoms with Crippen LogP contribution in [-0.4, -0.2) is 11.8 Å². The molecule has 2 unspecified atom stereocenters. The number of carbonyl (C=O) groups is 2. The normalized spacial score (nSPS) is 18.8. The van der Waals surface area contributed by atoms with Gasteiger partial charge in [0.1, 0.15) is 0 Å². The van der Waals surface area contributed by atoms with Gasteiger partial charge < -0.3 is 10.6 Å². The second-order valence-electron chi connectivity index (χ2n) is 6.17. The van der Waals surface area contributed by atoms with Gasteiger partial charge in [0.05, 0.1) is 22.5 Å². The first-order valence-electron chi connectivity index (χ1n) is 7.90. The summed E-state index contributed by atoms with van der Waals surface area (Å²) in [5.74, 6) is -0.853. The van der Waals surface area contributed by atoms with E-state index in [1.165, 1.54) is 0 Å². The summed E-state index contributed by atoms with van der Waals surface area (Å²) >= 11 is 6.04. The standard InChI is InChI=1S/C19H19ClN2O2/c1-11-6-5-7-12(2)17(11)22-19(24)14-10-13(14)18(23)21-16-9-4-3-8-15(16)20/h3-9,13-14H,10H2,1-2H3,(H,21,23)(H,22,24). The van der Waals surface area contributed by atoms with Gasteiger partial charge in [-0.2, -0.15) is 0 Å². The van der Waals surface area contributed by atoms with Gasteiger partial charge in [0, 0.05) is 5.69 Å². The number of hydrogen-bond acceptors (Lipinski definition) is 2. The first-order chi connectivity index (χ1) is 11.5. The van der Waals surface area contributed by atoms with E-state index in [-0.39, 0.29) is 23.7 Å². The summed E-state index contributed by atoms with van der Waals surface area (Å²) in [5, 5.41) is 6.24. The number of carbonyl (C=O) groups excluding carboxylic acids is 2. The van der Waals surface area contributed by atoms with E-state index in [9.17, 15) is 9.59 Å². The van der Waals surface area contributed by atoms with Gasteiger partial charge >= 0.3 is 0 Å². The van der Waals surface area contributed by atoms with Crippen LogP contribution < -0.4 is 10.6 Å². The van der Waals surface area contributed by atoms with Crippen molar-refractivity contribution in [3.63, 3.8) is 0 Å². The molecule has 24 heavy (non-hydrogen) atoms. The number of benzene rings is 2. The molecule has 3 rings (SSSR count). The molecule has 1 fully saturated rings. The Bertz CT molecular complexity index is 783. The van der Waals surface area contributed by atoms with Crippen LogP contribution in [0.4, 0.5) is 11.4 Å². The molecule has 4 nitrogen and oxygen atoms in total. The van der Waals surface area contributed by atoms with Crippen LogP contribution in [0.15, 0.2) is 42.5 Å². The summed E-state index contributed by atoms with van der Waals surface area (Å²) in [6.07, 6.45) is 0.563. The number of amides is 2. The zero-order chi connectivity index (χ0) is 17.3. The molecule has 5 heteroatoms. The molecule has 0 aliphatic heterocycles. The van der Waals surface area contributed by atoms with Gasteiger partial charge in [-0.25, -0.2) is 0 Å². The molecule has 2 amide bonds. The zero-order valence-corrected chi connectivity index (χ0v) is 14.4. The Morgan fingerprint density at radius 1 is 0.917 bits per heavy atom. The fourth-order valence-corrected chi connectivity index (χ4v) is 2.97. The summed E-state index contributed by atoms with van der Waals surface area (Å²) < 4.78 is 0. The van der Waals surface area contributed by atoms with Crippen molar-refractivity contribution >= 4 is 34.8 Å². The summed E-state index contributed by atoms with van der Waals surface area (Å²) in [6.45, 7) is 3.91. The fraction of sp³-hybridized carbons (Fsp3) is 0.263. The Kier molecular flexibility index (Phi) is 4.58. The number of hydrogen-bond donors (Lipinski definition) is 2. The van der Waals surface area contributed by atoms with E-state index in [0.717, 1.165) is 16.8 Å². The van der Waals surface area contributed by atoms with Gasteiger partial charge in [-0.1, -0.05) is 41.9 Å². The Morgan fingerprint density at radius 3 is 2.12 bits per heavy atom. The number of para-hydroxylation sites is 2.